The number of piperidine rings is 1. The van der Waals surface area contributed by atoms with Crippen LogP contribution in [0.5, 0.6) is 5.75 Å². The smallest absolute Gasteiger partial charge is 0.159 e. The lowest BCUT2D eigenvalue weighted by Gasteiger charge is -2.33. The summed E-state index contributed by atoms with van der Waals surface area (Å²) in [6, 6.07) is 11.5. The molecule has 1 aliphatic rings. The summed E-state index contributed by atoms with van der Waals surface area (Å²) in [5.41, 5.74) is 1.01. The van der Waals surface area contributed by atoms with Gasteiger partial charge in [-0.3, -0.25) is 0 Å². The number of nitrogens with zero attached hydrogens (tertiary/aromatic N) is 3. The Morgan fingerprint density at radius 3 is 2.61 bits per heavy atom. The van der Waals surface area contributed by atoms with Gasteiger partial charge in [0.2, 0.25) is 0 Å². The first-order valence-corrected chi connectivity index (χ1v) is 11.2. The Morgan fingerprint density at radius 1 is 1.10 bits per heavy atom. The van der Waals surface area contributed by atoms with E-state index in [-0.39, 0.29) is 6.61 Å². The molecule has 4 rings (SSSR count). The lowest BCUT2D eigenvalue weighted by atomic mass is 9.94. The zero-order chi connectivity index (χ0) is 21.8. The molecule has 0 aliphatic carbocycles. The molecule has 1 fully saturated rings. The summed E-state index contributed by atoms with van der Waals surface area (Å²) in [7, 11) is 1.60. The second kappa shape index (κ2) is 9.90. The fourth-order valence-corrected chi connectivity index (χ4v) is 4.55. The van der Waals surface area contributed by atoms with E-state index >= 15 is 0 Å². The van der Waals surface area contributed by atoms with Gasteiger partial charge in [-0.15, -0.1) is 10.2 Å². The van der Waals surface area contributed by atoms with E-state index in [1.54, 1.807) is 7.11 Å². The van der Waals surface area contributed by atoms with Crippen LogP contribution < -0.4 is 15.0 Å². The van der Waals surface area contributed by atoms with Gasteiger partial charge in [-0.25, -0.2) is 0 Å². The van der Waals surface area contributed by atoms with Crippen LogP contribution in [0.2, 0.25) is 10.0 Å². The fourth-order valence-electron chi connectivity index (χ4n) is 4.10. The normalized spacial score (nSPS) is 14.8. The van der Waals surface area contributed by atoms with Crippen LogP contribution in [-0.4, -0.2) is 42.1 Å². The highest BCUT2D eigenvalue weighted by Crippen LogP contribution is 2.33. The molecule has 31 heavy (non-hydrogen) atoms. The molecule has 2 heterocycles. The highest BCUT2D eigenvalue weighted by molar-refractivity contribution is 6.32. The van der Waals surface area contributed by atoms with Crippen LogP contribution in [0.1, 0.15) is 24.8 Å². The monoisotopic (exact) mass is 460 g/mol. The van der Waals surface area contributed by atoms with E-state index < -0.39 is 0 Å². The van der Waals surface area contributed by atoms with Crippen LogP contribution in [0, 0.1) is 5.92 Å². The SMILES string of the molecule is COc1ccc(CNc2nnc(N3CCC(CCO)CC3)c3ccc(Cl)cc23)cc1Cl. The molecule has 0 spiro atoms. The van der Waals surface area contributed by atoms with Crippen molar-refractivity contribution in [3.63, 3.8) is 0 Å². The minimum Gasteiger partial charge on any atom is -0.495 e. The highest BCUT2D eigenvalue weighted by Gasteiger charge is 2.22. The van der Waals surface area contributed by atoms with E-state index in [0.717, 1.165) is 54.5 Å². The average Bonchev–Trinajstić information content (AvgIpc) is 2.78. The zero-order valence-corrected chi connectivity index (χ0v) is 19.0. The molecule has 0 amide bonds. The number of aliphatic hydroxyl groups is 1. The van der Waals surface area contributed by atoms with E-state index in [0.29, 0.717) is 34.1 Å². The Kier molecular flexibility index (Phi) is 7.00. The van der Waals surface area contributed by atoms with Crippen molar-refractivity contribution in [2.24, 2.45) is 5.92 Å². The van der Waals surface area contributed by atoms with E-state index in [9.17, 15) is 5.11 Å². The summed E-state index contributed by atoms with van der Waals surface area (Å²) in [6.45, 7) is 2.62. The van der Waals surface area contributed by atoms with Crippen molar-refractivity contribution in [2.45, 2.75) is 25.8 Å². The van der Waals surface area contributed by atoms with Crippen molar-refractivity contribution in [1.29, 1.82) is 0 Å². The van der Waals surface area contributed by atoms with Crippen molar-refractivity contribution < 1.29 is 9.84 Å². The van der Waals surface area contributed by atoms with Gasteiger partial charge in [0.15, 0.2) is 11.6 Å². The summed E-state index contributed by atoms with van der Waals surface area (Å²) in [5.74, 6) is 2.79. The second-order valence-electron chi connectivity index (χ2n) is 7.83. The number of anilines is 2. The number of benzene rings is 2. The van der Waals surface area contributed by atoms with Crippen molar-refractivity contribution in [3.05, 3.63) is 52.0 Å². The molecule has 8 heteroatoms. The summed E-state index contributed by atoms with van der Waals surface area (Å²) in [4.78, 5) is 2.28. The number of rotatable bonds is 7. The zero-order valence-electron chi connectivity index (χ0n) is 17.4. The quantitative estimate of drug-likeness (QED) is 0.507. The third-order valence-corrected chi connectivity index (χ3v) is 6.38. The van der Waals surface area contributed by atoms with Crippen LogP contribution in [0.25, 0.3) is 10.8 Å². The number of ether oxygens (including phenoxy) is 1. The average molecular weight is 461 g/mol. The molecule has 164 valence electrons. The van der Waals surface area contributed by atoms with Gasteiger partial charge in [0.25, 0.3) is 0 Å². The minimum atomic E-state index is 0.256. The lowest BCUT2D eigenvalue weighted by molar-refractivity contribution is 0.240. The molecular weight excluding hydrogens is 435 g/mol. The molecular formula is C23H26Cl2N4O2. The third-order valence-electron chi connectivity index (χ3n) is 5.85. The van der Waals surface area contributed by atoms with Gasteiger partial charge in [0, 0.05) is 42.0 Å². The maximum absolute atomic E-state index is 9.20. The Labute approximate surface area is 192 Å². The molecule has 0 bridgehead atoms. The predicted molar refractivity (Wildman–Crippen MR) is 127 cm³/mol. The largest absolute Gasteiger partial charge is 0.495 e. The number of fused-ring (bicyclic) bond motifs is 1. The number of hydrogen-bond acceptors (Lipinski definition) is 6. The van der Waals surface area contributed by atoms with Gasteiger partial charge in [-0.1, -0.05) is 29.3 Å². The van der Waals surface area contributed by atoms with Crippen LogP contribution >= 0.6 is 23.2 Å². The number of hydrogen-bond donors (Lipinski definition) is 2. The first-order valence-electron chi connectivity index (χ1n) is 10.5. The highest BCUT2D eigenvalue weighted by atomic mass is 35.5. The first-order chi connectivity index (χ1) is 15.1. The summed E-state index contributed by atoms with van der Waals surface area (Å²) in [5, 5.41) is 24.8. The number of nitrogens with one attached hydrogen (secondary N) is 1. The van der Waals surface area contributed by atoms with E-state index in [4.69, 9.17) is 27.9 Å². The Bertz CT molecular complexity index is 1060. The molecule has 2 N–H and O–H groups in total. The standard InChI is InChI=1S/C23H26Cl2N4O2/c1-31-21-5-2-16(12-20(21)25)14-26-22-19-13-17(24)3-4-18(19)23(28-27-22)29-9-6-15(7-10-29)8-11-30/h2-5,12-13,15,30H,6-11,14H2,1H3,(H,26,27). The number of aliphatic hydroxyl groups excluding tert-OH is 1. The third kappa shape index (κ3) is 4.97. The van der Waals surface area contributed by atoms with Crippen molar-refractivity contribution in [1.82, 2.24) is 10.2 Å². The van der Waals surface area contributed by atoms with Gasteiger partial charge in [0.05, 0.1) is 12.1 Å². The molecule has 6 nitrogen and oxygen atoms in total. The summed E-state index contributed by atoms with van der Waals surface area (Å²) >= 11 is 12.6. The molecule has 3 aromatic rings. The number of halogens is 2. The van der Waals surface area contributed by atoms with Gasteiger partial charge >= 0.3 is 0 Å². The molecule has 0 atom stereocenters. The van der Waals surface area contributed by atoms with Gasteiger partial charge < -0.3 is 20.1 Å². The van der Waals surface area contributed by atoms with E-state index in [2.05, 4.69) is 20.4 Å². The summed E-state index contributed by atoms with van der Waals surface area (Å²) < 4.78 is 5.22. The fraction of sp³-hybridized carbons (Fsp3) is 0.391. The van der Waals surface area contributed by atoms with Gasteiger partial charge in [-0.2, -0.15) is 0 Å². The molecule has 1 aliphatic heterocycles. The molecule has 0 saturated carbocycles. The molecule has 2 aromatic carbocycles. The Hall–Kier alpha value is -2.28. The van der Waals surface area contributed by atoms with Crippen molar-refractivity contribution in [3.8, 4) is 5.75 Å². The molecule has 0 unspecified atom stereocenters. The summed E-state index contributed by atoms with van der Waals surface area (Å²) in [6.07, 6.45) is 2.97. The molecule has 0 radical (unpaired) electrons. The van der Waals surface area contributed by atoms with Crippen LogP contribution in [0.3, 0.4) is 0 Å². The van der Waals surface area contributed by atoms with Crippen molar-refractivity contribution >= 4 is 45.6 Å². The van der Waals surface area contributed by atoms with Crippen LogP contribution in [0.4, 0.5) is 11.6 Å². The maximum Gasteiger partial charge on any atom is 0.159 e. The molecule has 1 saturated heterocycles. The number of aromatic nitrogens is 2. The topological polar surface area (TPSA) is 70.5 Å². The minimum absolute atomic E-state index is 0.256. The Balaban J connectivity index is 1.57. The van der Waals surface area contributed by atoms with Crippen molar-refractivity contribution in [2.75, 3.05) is 37.0 Å². The predicted octanol–water partition coefficient (Wildman–Crippen LogP) is 5.16. The Morgan fingerprint density at radius 2 is 1.90 bits per heavy atom. The van der Waals surface area contributed by atoms with Gasteiger partial charge in [0.1, 0.15) is 5.75 Å². The molecule has 1 aromatic heterocycles. The van der Waals surface area contributed by atoms with Crippen LogP contribution in [0.15, 0.2) is 36.4 Å². The number of methoxy groups -OCH3 is 1. The van der Waals surface area contributed by atoms with E-state index in [1.165, 1.54) is 0 Å². The first kappa shape index (κ1) is 21.9. The second-order valence-corrected chi connectivity index (χ2v) is 8.67. The van der Waals surface area contributed by atoms with Crippen LogP contribution in [-0.2, 0) is 6.54 Å². The maximum atomic E-state index is 9.20. The van der Waals surface area contributed by atoms with E-state index in [1.807, 2.05) is 36.4 Å². The van der Waals surface area contributed by atoms with Gasteiger partial charge in [-0.05, 0) is 61.1 Å². The lowest BCUT2D eigenvalue weighted by Crippen LogP contribution is -2.34.